The predicted molar refractivity (Wildman–Crippen MR) is 166 cm³/mol. The van der Waals surface area contributed by atoms with Gasteiger partial charge in [-0.05, 0) is 61.2 Å². The fourth-order valence-electron chi connectivity index (χ4n) is 4.07. The van der Waals surface area contributed by atoms with Gasteiger partial charge in [-0.25, -0.2) is 15.0 Å². The molecule has 7 heteroatoms. The Morgan fingerprint density at radius 3 is 2.15 bits per heavy atom. The van der Waals surface area contributed by atoms with Gasteiger partial charge in [0.25, 0.3) is 0 Å². The van der Waals surface area contributed by atoms with E-state index in [9.17, 15) is 0 Å². The molecular formula is C32H45N7. The second kappa shape index (κ2) is 15.4. The molecule has 0 amide bonds. The molecule has 0 aliphatic carbocycles. The lowest BCUT2D eigenvalue weighted by Crippen LogP contribution is -2.02. The van der Waals surface area contributed by atoms with Crippen molar-refractivity contribution in [2.24, 2.45) is 5.92 Å². The molecule has 4 aromatic heterocycles. The molecule has 0 unspecified atom stereocenters. The van der Waals surface area contributed by atoms with Crippen LogP contribution in [-0.4, -0.2) is 29.3 Å². The van der Waals surface area contributed by atoms with Crippen molar-refractivity contribution in [2.45, 2.75) is 75.3 Å². The van der Waals surface area contributed by atoms with Gasteiger partial charge in [0.2, 0.25) is 0 Å². The van der Waals surface area contributed by atoms with E-state index in [1.54, 1.807) is 6.20 Å². The van der Waals surface area contributed by atoms with Crippen LogP contribution >= 0.6 is 0 Å². The highest BCUT2D eigenvalue weighted by molar-refractivity contribution is 5.84. The van der Waals surface area contributed by atoms with E-state index >= 15 is 0 Å². The van der Waals surface area contributed by atoms with E-state index in [0.717, 1.165) is 52.5 Å². The SMILES string of the molecule is CC.CC.CC.CCn1cc(-c2ccc3nc(-c4cccnc4N)n(-c4ccc(CC(C)C)cc4)c3n2)cn1. The van der Waals surface area contributed by atoms with E-state index in [1.165, 1.54) is 5.56 Å². The van der Waals surface area contributed by atoms with Crippen LogP contribution in [0.3, 0.4) is 0 Å². The maximum atomic E-state index is 6.24. The Hall–Kier alpha value is -4.00. The lowest BCUT2D eigenvalue weighted by Gasteiger charge is -2.12. The van der Waals surface area contributed by atoms with E-state index < -0.39 is 0 Å². The third-order valence-electron chi connectivity index (χ3n) is 5.68. The molecule has 5 rings (SSSR count). The molecule has 0 fully saturated rings. The van der Waals surface area contributed by atoms with Crippen LogP contribution in [0.4, 0.5) is 5.82 Å². The zero-order valence-corrected chi connectivity index (χ0v) is 25.1. The van der Waals surface area contributed by atoms with Crippen molar-refractivity contribution in [3.8, 4) is 28.3 Å². The van der Waals surface area contributed by atoms with E-state index in [2.05, 4.69) is 59.7 Å². The summed E-state index contributed by atoms with van der Waals surface area (Å²) in [6.07, 6.45) is 6.58. The van der Waals surface area contributed by atoms with E-state index in [4.69, 9.17) is 15.7 Å². The van der Waals surface area contributed by atoms with Crippen molar-refractivity contribution in [1.29, 1.82) is 0 Å². The minimum Gasteiger partial charge on any atom is -0.383 e. The zero-order chi connectivity index (χ0) is 28.9. The van der Waals surface area contributed by atoms with Crippen molar-refractivity contribution in [3.05, 3.63) is 72.7 Å². The van der Waals surface area contributed by atoms with Crippen molar-refractivity contribution in [2.75, 3.05) is 5.73 Å². The van der Waals surface area contributed by atoms with Crippen molar-refractivity contribution >= 4 is 17.0 Å². The largest absolute Gasteiger partial charge is 0.383 e. The Kier molecular flexibility index (Phi) is 12.3. The van der Waals surface area contributed by atoms with E-state index in [1.807, 2.05) is 82.9 Å². The number of aromatic nitrogens is 6. The number of benzene rings is 1. The van der Waals surface area contributed by atoms with Crippen molar-refractivity contribution in [3.63, 3.8) is 0 Å². The first-order valence-electron chi connectivity index (χ1n) is 14.3. The summed E-state index contributed by atoms with van der Waals surface area (Å²) in [5.74, 6) is 1.76. The third kappa shape index (κ3) is 7.31. The van der Waals surface area contributed by atoms with Gasteiger partial charge in [-0.15, -0.1) is 0 Å². The summed E-state index contributed by atoms with van der Waals surface area (Å²) in [5, 5.41) is 4.40. The number of anilines is 1. The molecule has 0 atom stereocenters. The number of hydrogen-bond acceptors (Lipinski definition) is 5. The van der Waals surface area contributed by atoms with Crippen LogP contribution in [0.25, 0.3) is 39.5 Å². The van der Waals surface area contributed by atoms with Gasteiger partial charge >= 0.3 is 0 Å². The molecular weight excluding hydrogens is 482 g/mol. The van der Waals surface area contributed by atoms with Gasteiger partial charge in [-0.1, -0.05) is 67.5 Å². The minimum absolute atomic E-state index is 0.440. The summed E-state index contributed by atoms with van der Waals surface area (Å²) in [4.78, 5) is 14.2. The molecule has 0 saturated carbocycles. The number of nitrogens with two attached hydrogens (primary N) is 1. The number of hydrogen-bond donors (Lipinski definition) is 1. The standard InChI is InChI=1S/C26H27N7.3C2H6/c1-4-32-16-19(15-29-32)22-11-12-23-26(30-22)33(20-9-7-18(8-10-20)14-17(2)3)25(31-23)21-6-5-13-28-24(21)27;3*1-2/h5-13,15-17H,4,14H2,1-3H3,(H2,27,28);3*1-2H3. The number of rotatable bonds is 6. The van der Waals surface area contributed by atoms with Gasteiger partial charge in [-0.3, -0.25) is 9.25 Å². The average Bonchev–Trinajstić information content (AvgIpc) is 3.61. The minimum atomic E-state index is 0.440. The summed E-state index contributed by atoms with van der Waals surface area (Å²) in [6, 6.07) is 16.4. The van der Waals surface area contributed by atoms with Gasteiger partial charge < -0.3 is 5.73 Å². The van der Waals surface area contributed by atoms with Crippen molar-refractivity contribution < 1.29 is 0 Å². The molecule has 4 heterocycles. The smallest absolute Gasteiger partial charge is 0.165 e. The molecule has 208 valence electrons. The molecule has 39 heavy (non-hydrogen) atoms. The molecule has 0 aliphatic rings. The Labute approximate surface area is 234 Å². The number of nitrogen functional groups attached to an aromatic ring is 1. The Morgan fingerprint density at radius 1 is 0.872 bits per heavy atom. The summed E-state index contributed by atoms with van der Waals surface area (Å²) in [7, 11) is 0. The number of aryl methyl sites for hydroxylation is 1. The number of nitrogens with zero attached hydrogens (tertiary/aromatic N) is 6. The first-order valence-corrected chi connectivity index (χ1v) is 14.3. The Bertz CT molecular complexity index is 1410. The molecule has 0 spiro atoms. The zero-order valence-electron chi connectivity index (χ0n) is 25.1. The molecule has 0 radical (unpaired) electrons. The van der Waals surface area contributed by atoms with Crippen LogP contribution in [0.2, 0.25) is 0 Å². The molecule has 0 saturated heterocycles. The number of pyridine rings is 2. The van der Waals surface area contributed by atoms with Crippen LogP contribution in [0.5, 0.6) is 0 Å². The van der Waals surface area contributed by atoms with Crippen molar-refractivity contribution in [1.82, 2.24) is 29.3 Å². The van der Waals surface area contributed by atoms with Crippen LogP contribution in [0.15, 0.2) is 67.1 Å². The predicted octanol–water partition coefficient (Wildman–Crippen LogP) is 8.23. The van der Waals surface area contributed by atoms with Gasteiger partial charge in [0.15, 0.2) is 11.5 Å². The Balaban J connectivity index is 0.000000833. The number of fused-ring (bicyclic) bond motifs is 1. The molecule has 5 aromatic rings. The molecule has 0 aliphatic heterocycles. The summed E-state index contributed by atoms with van der Waals surface area (Å²) >= 11 is 0. The van der Waals surface area contributed by atoms with Gasteiger partial charge in [-0.2, -0.15) is 5.10 Å². The highest BCUT2D eigenvalue weighted by atomic mass is 15.3. The molecule has 0 bridgehead atoms. The third-order valence-corrected chi connectivity index (χ3v) is 5.68. The molecule has 7 nitrogen and oxygen atoms in total. The van der Waals surface area contributed by atoms with E-state index in [0.29, 0.717) is 11.7 Å². The molecule has 1 aromatic carbocycles. The fourth-order valence-corrected chi connectivity index (χ4v) is 4.07. The topological polar surface area (TPSA) is 87.4 Å². The van der Waals surface area contributed by atoms with Gasteiger partial charge in [0.1, 0.15) is 11.3 Å². The average molecular weight is 528 g/mol. The lowest BCUT2D eigenvalue weighted by atomic mass is 10.0. The second-order valence-corrected chi connectivity index (χ2v) is 8.60. The molecule has 2 N–H and O–H groups in total. The fraction of sp³-hybridized carbons (Fsp3) is 0.375. The highest BCUT2D eigenvalue weighted by Gasteiger charge is 2.19. The lowest BCUT2D eigenvalue weighted by molar-refractivity contribution is 0.647. The monoisotopic (exact) mass is 527 g/mol. The summed E-state index contributed by atoms with van der Waals surface area (Å²) < 4.78 is 3.96. The highest BCUT2D eigenvalue weighted by Crippen LogP contribution is 2.31. The van der Waals surface area contributed by atoms with Crippen LogP contribution < -0.4 is 5.73 Å². The summed E-state index contributed by atoms with van der Waals surface area (Å²) in [6.45, 7) is 19.3. The van der Waals surface area contributed by atoms with Crippen LogP contribution in [0.1, 0.15) is 67.9 Å². The summed E-state index contributed by atoms with van der Waals surface area (Å²) in [5.41, 5.74) is 12.7. The van der Waals surface area contributed by atoms with Gasteiger partial charge in [0, 0.05) is 30.2 Å². The normalized spacial score (nSPS) is 10.2. The van der Waals surface area contributed by atoms with Crippen LogP contribution in [0, 0.1) is 5.92 Å². The maximum Gasteiger partial charge on any atom is 0.165 e. The first-order chi connectivity index (χ1) is 19.0. The number of imidazole rings is 1. The second-order valence-electron chi connectivity index (χ2n) is 8.60. The van der Waals surface area contributed by atoms with Gasteiger partial charge in [0.05, 0.1) is 17.5 Å². The Morgan fingerprint density at radius 2 is 1.56 bits per heavy atom. The first kappa shape index (κ1) is 31.2. The van der Waals surface area contributed by atoms with E-state index in [-0.39, 0.29) is 0 Å². The van der Waals surface area contributed by atoms with Crippen LogP contribution in [-0.2, 0) is 13.0 Å². The quantitative estimate of drug-likeness (QED) is 0.240. The maximum absolute atomic E-state index is 6.24.